The van der Waals surface area contributed by atoms with E-state index in [1.807, 2.05) is 31.2 Å². The number of anilines is 2. The maximum absolute atomic E-state index is 13.6. The molecule has 184 valence electrons. The number of hydrogen-bond acceptors (Lipinski definition) is 4. The lowest BCUT2D eigenvalue weighted by Crippen LogP contribution is -2.52. The molecule has 6 nitrogen and oxygen atoms in total. The molecule has 0 spiro atoms. The quantitative estimate of drug-likeness (QED) is 0.405. The van der Waals surface area contributed by atoms with Gasteiger partial charge in [-0.05, 0) is 55.5 Å². The van der Waals surface area contributed by atoms with E-state index < -0.39 is 16.6 Å². The predicted octanol–water partition coefficient (Wildman–Crippen LogP) is 5.50. The fourth-order valence-corrected chi connectivity index (χ4v) is 5.97. The number of nitrogens with zero attached hydrogens (tertiary/aromatic N) is 3. The first kappa shape index (κ1) is 25.6. The van der Waals surface area contributed by atoms with E-state index in [0.29, 0.717) is 36.2 Å². The summed E-state index contributed by atoms with van der Waals surface area (Å²) in [7, 11) is -4.08. The van der Waals surface area contributed by atoms with Crippen molar-refractivity contribution in [1.82, 2.24) is 4.90 Å². The Morgan fingerprint density at radius 3 is 2.20 bits per heavy atom. The largest absolute Gasteiger partial charge is 0.368 e. The molecule has 1 amide bonds. The number of aryl methyl sites for hydroxylation is 1. The van der Waals surface area contributed by atoms with Crippen LogP contribution in [-0.2, 0) is 14.8 Å². The second kappa shape index (κ2) is 10.7. The zero-order valence-electron chi connectivity index (χ0n) is 19.0. The van der Waals surface area contributed by atoms with Crippen molar-refractivity contribution in [2.24, 2.45) is 0 Å². The van der Waals surface area contributed by atoms with Gasteiger partial charge >= 0.3 is 0 Å². The fraction of sp³-hybridized carbons (Fsp3) is 0.240. The molecular formula is C25H24Cl3N3O3S. The highest BCUT2D eigenvalue weighted by molar-refractivity contribution is 7.92. The van der Waals surface area contributed by atoms with E-state index in [0.717, 1.165) is 15.6 Å². The first-order chi connectivity index (χ1) is 16.6. The summed E-state index contributed by atoms with van der Waals surface area (Å²) in [5.41, 5.74) is 2.06. The van der Waals surface area contributed by atoms with Crippen molar-refractivity contribution in [2.45, 2.75) is 11.8 Å². The zero-order valence-corrected chi connectivity index (χ0v) is 22.1. The van der Waals surface area contributed by atoms with Crippen LogP contribution in [0.5, 0.6) is 0 Å². The lowest BCUT2D eigenvalue weighted by molar-refractivity contribution is -0.129. The van der Waals surface area contributed by atoms with Crippen LogP contribution in [-0.4, -0.2) is 51.9 Å². The van der Waals surface area contributed by atoms with E-state index in [9.17, 15) is 13.2 Å². The van der Waals surface area contributed by atoms with Crippen LogP contribution in [0.25, 0.3) is 0 Å². The minimum absolute atomic E-state index is 0.0673. The highest BCUT2D eigenvalue weighted by atomic mass is 35.5. The van der Waals surface area contributed by atoms with Crippen molar-refractivity contribution in [1.29, 1.82) is 0 Å². The zero-order chi connectivity index (χ0) is 25.2. The topological polar surface area (TPSA) is 60.9 Å². The highest BCUT2D eigenvalue weighted by Gasteiger charge is 2.31. The molecule has 0 bridgehead atoms. The minimum Gasteiger partial charge on any atom is -0.368 e. The van der Waals surface area contributed by atoms with Gasteiger partial charge in [-0.2, -0.15) is 0 Å². The minimum atomic E-state index is -4.08. The molecule has 3 aromatic rings. The highest BCUT2D eigenvalue weighted by Crippen LogP contribution is 2.33. The van der Waals surface area contributed by atoms with E-state index in [1.54, 1.807) is 23.1 Å². The van der Waals surface area contributed by atoms with Crippen molar-refractivity contribution < 1.29 is 13.2 Å². The molecular weight excluding hydrogens is 529 g/mol. The molecule has 0 aromatic heterocycles. The van der Waals surface area contributed by atoms with Gasteiger partial charge in [0.15, 0.2) is 0 Å². The summed E-state index contributed by atoms with van der Waals surface area (Å²) >= 11 is 18.6. The number of amides is 1. The van der Waals surface area contributed by atoms with Crippen LogP contribution < -0.4 is 9.21 Å². The number of hydrogen-bond donors (Lipinski definition) is 0. The molecule has 0 N–H and O–H groups in total. The first-order valence-corrected chi connectivity index (χ1v) is 13.6. The summed E-state index contributed by atoms with van der Waals surface area (Å²) < 4.78 is 28.3. The van der Waals surface area contributed by atoms with Crippen LogP contribution in [0.3, 0.4) is 0 Å². The first-order valence-electron chi connectivity index (χ1n) is 11.0. The second-order valence-corrected chi connectivity index (χ2v) is 11.4. The standard InChI is InChI=1S/C25H24Cl3N3O3S/c1-18-5-8-22(9-6-18)35(33,34)31(24-16-20(27)7-10-23(24)28)17-25(32)30-13-11-29(12-14-30)21-4-2-3-19(26)15-21/h2-10,15-16H,11-14,17H2,1H3. The summed E-state index contributed by atoms with van der Waals surface area (Å²) in [6.07, 6.45) is 0. The third kappa shape index (κ3) is 5.86. The third-order valence-corrected chi connectivity index (χ3v) is 8.43. The molecule has 10 heteroatoms. The number of carbonyl (C=O) groups is 1. The number of carbonyl (C=O) groups excluding carboxylic acids is 1. The molecule has 0 unspecified atom stereocenters. The molecule has 4 rings (SSSR count). The number of rotatable bonds is 6. The molecule has 0 aliphatic carbocycles. The molecule has 1 saturated heterocycles. The van der Waals surface area contributed by atoms with Crippen LogP contribution >= 0.6 is 34.8 Å². The van der Waals surface area contributed by atoms with Gasteiger partial charge in [-0.15, -0.1) is 0 Å². The third-order valence-electron chi connectivity index (χ3n) is 5.87. The molecule has 1 fully saturated rings. The number of benzene rings is 3. The Kier molecular flexibility index (Phi) is 7.81. The van der Waals surface area contributed by atoms with E-state index in [1.165, 1.54) is 24.3 Å². The Balaban J connectivity index is 1.57. The van der Waals surface area contributed by atoms with Gasteiger partial charge in [0.2, 0.25) is 5.91 Å². The van der Waals surface area contributed by atoms with Crippen molar-refractivity contribution in [3.8, 4) is 0 Å². The second-order valence-electron chi connectivity index (χ2n) is 8.27. The Morgan fingerprint density at radius 1 is 0.886 bits per heavy atom. The van der Waals surface area contributed by atoms with Crippen LogP contribution in [0.4, 0.5) is 11.4 Å². The molecule has 0 atom stereocenters. The van der Waals surface area contributed by atoms with Crippen molar-refractivity contribution in [3.63, 3.8) is 0 Å². The normalized spacial score (nSPS) is 14.2. The van der Waals surface area contributed by atoms with Gasteiger partial charge in [0.25, 0.3) is 10.0 Å². The van der Waals surface area contributed by atoms with E-state index in [-0.39, 0.29) is 21.5 Å². The Bertz CT molecular complexity index is 1330. The van der Waals surface area contributed by atoms with Gasteiger partial charge < -0.3 is 9.80 Å². The van der Waals surface area contributed by atoms with Gasteiger partial charge in [-0.25, -0.2) is 8.42 Å². The molecule has 1 heterocycles. The van der Waals surface area contributed by atoms with Crippen LogP contribution in [0.1, 0.15) is 5.56 Å². The van der Waals surface area contributed by atoms with E-state index in [2.05, 4.69) is 4.90 Å². The summed E-state index contributed by atoms with van der Waals surface area (Å²) in [6, 6.07) is 18.6. The number of sulfonamides is 1. The summed E-state index contributed by atoms with van der Waals surface area (Å²) in [5, 5.41) is 1.15. The van der Waals surface area contributed by atoms with Gasteiger partial charge in [-0.1, -0.05) is 58.6 Å². The fourth-order valence-electron chi connectivity index (χ4n) is 3.92. The number of halogens is 3. The smallest absolute Gasteiger partial charge is 0.264 e. The maximum Gasteiger partial charge on any atom is 0.264 e. The van der Waals surface area contributed by atoms with Crippen LogP contribution in [0.15, 0.2) is 71.6 Å². The SMILES string of the molecule is Cc1ccc(S(=O)(=O)N(CC(=O)N2CCN(c3cccc(Cl)c3)CC2)c2cc(Cl)ccc2Cl)cc1. The van der Waals surface area contributed by atoms with Crippen molar-refractivity contribution in [2.75, 3.05) is 41.9 Å². The Morgan fingerprint density at radius 2 is 1.54 bits per heavy atom. The lowest BCUT2D eigenvalue weighted by Gasteiger charge is -2.37. The molecule has 0 radical (unpaired) electrons. The monoisotopic (exact) mass is 551 g/mol. The van der Waals surface area contributed by atoms with Crippen LogP contribution in [0.2, 0.25) is 15.1 Å². The molecule has 3 aromatic carbocycles. The average Bonchev–Trinajstić information content (AvgIpc) is 2.84. The molecule has 1 aliphatic heterocycles. The van der Waals surface area contributed by atoms with Gasteiger partial charge in [-0.3, -0.25) is 9.10 Å². The molecule has 1 aliphatic rings. The Hall–Kier alpha value is -2.45. The summed E-state index contributed by atoms with van der Waals surface area (Å²) in [5.74, 6) is -0.317. The van der Waals surface area contributed by atoms with Gasteiger partial charge in [0, 0.05) is 41.9 Å². The van der Waals surface area contributed by atoms with E-state index >= 15 is 0 Å². The summed E-state index contributed by atoms with van der Waals surface area (Å²) in [4.78, 5) is 17.2. The van der Waals surface area contributed by atoms with Crippen molar-refractivity contribution in [3.05, 3.63) is 87.4 Å². The predicted molar refractivity (Wildman–Crippen MR) is 142 cm³/mol. The molecule has 35 heavy (non-hydrogen) atoms. The van der Waals surface area contributed by atoms with Gasteiger partial charge in [0.1, 0.15) is 6.54 Å². The average molecular weight is 553 g/mol. The van der Waals surface area contributed by atoms with Crippen LogP contribution in [0, 0.1) is 6.92 Å². The maximum atomic E-state index is 13.6. The van der Waals surface area contributed by atoms with Gasteiger partial charge in [0.05, 0.1) is 15.6 Å². The van der Waals surface area contributed by atoms with Crippen molar-refractivity contribution >= 4 is 62.1 Å². The Labute approximate surface area is 220 Å². The van der Waals surface area contributed by atoms with E-state index in [4.69, 9.17) is 34.8 Å². The molecule has 0 saturated carbocycles. The lowest BCUT2D eigenvalue weighted by atomic mass is 10.2. The number of piperazine rings is 1. The summed E-state index contributed by atoms with van der Waals surface area (Å²) in [6.45, 7) is 3.59.